The van der Waals surface area contributed by atoms with Crippen molar-refractivity contribution in [2.75, 3.05) is 13.2 Å². The van der Waals surface area contributed by atoms with E-state index in [1.807, 2.05) is 0 Å². The van der Waals surface area contributed by atoms with Gasteiger partial charge >= 0.3 is 0 Å². The molecule has 0 atom stereocenters. The van der Waals surface area contributed by atoms with Crippen molar-refractivity contribution in [2.45, 2.75) is 6.42 Å². The van der Waals surface area contributed by atoms with Gasteiger partial charge in [-0.2, -0.15) is 0 Å². The highest BCUT2D eigenvalue weighted by molar-refractivity contribution is 6.05. The van der Waals surface area contributed by atoms with Crippen LogP contribution in [0.1, 0.15) is 22.5 Å². The summed E-state index contributed by atoms with van der Waals surface area (Å²) in [4.78, 5) is 25.0. The van der Waals surface area contributed by atoms with Crippen molar-refractivity contribution in [1.29, 1.82) is 0 Å². The van der Waals surface area contributed by atoms with Gasteiger partial charge in [0.05, 0.1) is 12.9 Å². The maximum atomic E-state index is 12.9. The van der Waals surface area contributed by atoms with Gasteiger partial charge in [0, 0.05) is 18.2 Å². The van der Waals surface area contributed by atoms with Crippen LogP contribution in [0.2, 0.25) is 0 Å². The Bertz CT molecular complexity index is 984. The SMILES string of the molecule is O=C(NCCCOc1ccc(F)cc1)/C(=C/c1ccco1)NC(=O)c1ccccc1. The monoisotopic (exact) mass is 408 g/mol. The summed E-state index contributed by atoms with van der Waals surface area (Å²) in [6, 6.07) is 17.7. The van der Waals surface area contributed by atoms with E-state index in [4.69, 9.17) is 9.15 Å². The first-order chi connectivity index (χ1) is 14.6. The van der Waals surface area contributed by atoms with Gasteiger partial charge in [-0.15, -0.1) is 0 Å². The fourth-order valence-electron chi connectivity index (χ4n) is 2.55. The van der Waals surface area contributed by atoms with Crippen LogP contribution >= 0.6 is 0 Å². The molecule has 1 heterocycles. The molecule has 0 saturated heterocycles. The third-order valence-electron chi connectivity index (χ3n) is 4.05. The number of hydrogen-bond donors (Lipinski definition) is 2. The van der Waals surface area contributed by atoms with E-state index in [1.165, 1.54) is 36.6 Å². The van der Waals surface area contributed by atoms with E-state index in [2.05, 4.69) is 10.6 Å². The summed E-state index contributed by atoms with van der Waals surface area (Å²) in [7, 11) is 0. The van der Waals surface area contributed by atoms with E-state index in [0.29, 0.717) is 36.6 Å². The topological polar surface area (TPSA) is 80.6 Å². The molecule has 0 aliphatic carbocycles. The van der Waals surface area contributed by atoms with Gasteiger partial charge in [-0.3, -0.25) is 9.59 Å². The first-order valence-electron chi connectivity index (χ1n) is 9.40. The second-order valence-electron chi connectivity index (χ2n) is 6.31. The molecule has 2 N–H and O–H groups in total. The average Bonchev–Trinajstić information content (AvgIpc) is 3.28. The Morgan fingerprint density at radius 1 is 1.00 bits per heavy atom. The molecule has 0 spiro atoms. The number of carbonyl (C=O) groups is 2. The Hall–Kier alpha value is -3.87. The van der Waals surface area contributed by atoms with E-state index in [-0.39, 0.29) is 11.5 Å². The van der Waals surface area contributed by atoms with Gasteiger partial charge in [0.25, 0.3) is 11.8 Å². The summed E-state index contributed by atoms with van der Waals surface area (Å²) in [5.41, 5.74) is 0.501. The lowest BCUT2D eigenvalue weighted by molar-refractivity contribution is -0.117. The van der Waals surface area contributed by atoms with Gasteiger partial charge in [-0.05, 0) is 55.0 Å². The Kier molecular flexibility index (Phi) is 7.38. The van der Waals surface area contributed by atoms with Crippen molar-refractivity contribution in [2.24, 2.45) is 0 Å². The molecule has 0 saturated carbocycles. The van der Waals surface area contributed by atoms with E-state index >= 15 is 0 Å². The Balaban J connectivity index is 1.54. The van der Waals surface area contributed by atoms with Crippen LogP contribution in [0, 0.1) is 5.82 Å². The molecular weight excluding hydrogens is 387 g/mol. The summed E-state index contributed by atoms with van der Waals surface area (Å²) in [5, 5.41) is 5.37. The lowest BCUT2D eigenvalue weighted by Crippen LogP contribution is -2.35. The standard InChI is InChI=1S/C23H21FN2O4/c24-18-9-11-19(12-10-18)29-15-5-13-25-23(28)21(16-20-8-4-14-30-20)26-22(27)17-6-2-1-3-7-17/h1-4,6-12,14,16H,5,13,15H2,(H,25,28)(H,26,27)/b21-16-. The summed E-state index contributed by atoms with van der Waals surface area (Å²) in [6.45, 7) is 0.677. The minimum Gasteiger partial charge on any atom is -0.494 e. The zero-order chi connectivity index (χ0) is 21.2. The average molecular weight is 408 g/mol. The van der Waals surface area contributed by atoms with Gasteiger partial charge in [0.2, 0.25) is 0 Å². The van der Waals surface area contributed by atoms with Crippen LogP contribution in [0.4, 0.5) is 4.39 Å². The van der Waals surface area contributed by atoms with E-state index < -0.39 is 11.8 Å². The van der Waals surface area contributed by atoms with Gasteiger partial charge in [-0.25, -0.2) is 4.39 Å². The molecule has 3 aromatic rings. The summed E-state index contributed by atoms with van der Waals surface area (Å²) in [6.07, 6.45) is 3.47. The first-order valence-corrected chi connectivity index (χ1v) is 9.40. The van der Waals surface area contributed by atoms with E-state index in [9.17, 15) is 14.0 Å². The van der Waals surface area contributed by atoms with Crippen molar-refractivity contribution < 1.29 is 23.1 Å². The molecule has 2 aromatic carbocycles. The molecule has 30 heavy (non-hydrogen) atoms. The number of amides is 2. The lowest BCUT2D eigenvalue weighted by Gasteiger charge is -2.11. The molecule has 3 rings (SSSR count). The summed E-state index contributed by atoms with van der Waals surface area (Å²) >= 11 is 0. The third kappa shape index (κ3) is 6.34. The number of benzene rings is 2. The molecule has 0 radical (unpaired) electrons. The highest BCUT2D eigenvalue weighted by Gasteiger charge is 2.15. The number of hydrogen-bond acceptors (Lipinski definition) is 4. The molecule has 0 fully saturated rings. The van der Waals surface area contributed by atoms with Gasteiger partial charge < -0.3 is 19.8 Å². The molecule has 2 amide bonds. The van der Waals surface area contributed by atoms with Crippen molar-refractivity contribution in [3.05, 3.63) is 95.8 Å². The zero-order valence-corrected chi connectivity index (χ0v) is 16.1. The van der Waals surface area contributed by atoms with Crippen molar-refractivity contribution in [3.63, 3.8) is 0 Å². The number of rotatable bonds is 9. The normalized spacial score (nSPS) is 11.0. The predicted octanol–water partition coefficient (Wildman–Crippen LogP) is 3.77. The largest absolute Gasteiger partial charge is 0.494 e. The first kappa shape index (κ1) is 20.9. The van der Waals surface area contributed by atoms with Crippen LogP contribution in [0.25, 0.3) is 6.08 Å². The summed E-state index contributed by atoms with van der Waals surface area (Å²) < 4.78 is 23.6. The number of nitrogens with one attached hydrogen (secondary N) is 2. The number of furan rings is 1. The van der Waals surface area contributed by atoms with Gasteiger partial charge in [-0.1, -0.05) is 18.2 Å². The number of ether oxygens (including phenoxy) is 1. The van der Waals surface area contributed by atoms with Crippen molar-refractivity contribution in [1.82, 2.24) is 10.6 Å². The van der Waals surface area contributed by atoms with Crippen LogP contribution in [-0.4, -0.2) is 25.0 Å². The van der Waals surface area contributed by atoms with Crippen LogP contribution in [-0.2, 0) is 4.79 Å². The second-order valence-corrected chi connectivity index (χ2v) is 6.31. The Morgan fingerprint density at radius 2 is 1.77 bits per heavy atom. The minimum atomic E-state index is -0.447. The van der Waals surface area contributed by atoms with Crippen LogP contribution < -0.4 is 15.4 Å². The maximum Gasteiger partial charge on any atom is 0.267 e. The Morgan fingerprint density at radius 3 is 2.47 bits per heavy atom. The maximum absolute atomic E-state index is 12.9. The third-order valence-corrected chi connectivity index (χ3v) is 4.05. The second kappa shape index (κ2) is 10.6. The molecular formula is C23H21FN2O4. The molecule has 0 unspecified atom stereocenters. The highest BCUT2D eigenvalue weighted by atomic mass is 19.1. The predicted molar refractivity (Wildman–Crippen MR) is 110 cm³/mol. The van der Waals surface area contributed by atoms with Crippen LogP contribution in [0.15, 0.2) is 83.1 Å². The van der Waals surface area contributed by atoms with Crippen molar-refractivity contribution >= 4 is 17.9 Å². The zero-order valence-electron chi connectivity index (χ0n) is 16.1. The highest BCUT2D eigenvalue weighted by Crippen LogP contribution is 2.11. The lowest BCUT2D eigenvalue weighted by atomic mass is 10.2. The van der Waals surface area contributed by atoms with Crippen LogP contribution in [0.3, 0.4) is 0 Å². The molecule has 6 nitrogen and oxygen atoms in total. The van der Waals surface area contributed by atoms with E-state index in [1.54, 1.807) is 42.5 Å². The van der Waals surface area contributed by atoms with Crippen LogP contribution in [0.5, 0.6) is 5.75 Å². The molecule has 0 aliphatic rings. The Labute approximate surface area is 173 Å². The molecule has 154 valence electrons. The summed E-state index contributed by atoms with van der Waals surface area (Å²) in [5.74, 6) is -0.187. The molecule has 7 heteroatoms. The van der Waals surface area contributed by atoms with Gasteiger partial charge in [0.15, 0.2) is 0 Å². The fourth-order valence-corrected chi connectivity index (χ4v) is 2.55. The van der Waals surface area contributed by atoms with Crippen molar-refractivity contribution in [3.8, 4) is 5.75 Å². The smallest absolute Gasteiger partial charge is 0.267 e. The fraction of sp³-hybridized carbons (Fsp3) is 0.130. The molecule has 1 aromatic heterocycles. The number of halogens is 1. The van der Waals surface area contributed by atoms with Gasteiger partial charge in [0.1, 0.15) is 23.0 Å². The minimum absolute atomic E-state index is 0.0678. The molecule has 0 aliphatic heterocycles. The number of carbonyl (C=O) groups excluding carboxylic acids is 2. The molecule has 0 bridgehead atoms. The quantitative estimate of drug-likeness (QED) is 0.417. The van der Waals surface area contributed by atoms with E-state index in [0.717, 1.165) is 0 Å².